The Morgan fingerprint density at radius 2 is 1.94 bits per heavy atom. The first-order valence-electron chi connectivity index (χ1n) is 4.77. The standard InChI is InChI=1S/C9H9N5O3S/c10-18(16,17)7-3-1-6(2-4-7)12-9(15)8-5-11-14-13-8/h1-5H,(H,12,15)(H2,10,16,17)(H,11,13,14). The van der Waals surface area contributed by atoms with Crippen LogP contribution in [-0.2, 0) is 10.0 Å². The zero-order chi connectivity index (χ0) is 13.2. The van der Waals surface area contributed by atoms with Crippen molar-refractivity contribution in [1.29, 1.82) is 0 Å². The third kappa shape index (κ3) is 2.70. The zero-order valence-corrected chi connectivity index (χ0v) is 9.81. The molecule has 18 heavy (non-hydrogen) atoms. The van der Waals surface area contributed by atoms with Gasteiger partial charge in [-0.2, -0.15) is 15.4 Å². The van der Waals surface area contributed by atoms with Gasteiger partial charge in [-0.3, -0.25) is 4.79 Å². The molecule has 2 aromatic rings. The van der Waals surface area contributed by atoms with Crippen molar-refractivity contribution < 1.29 is 13.2 Å². The highest BCUT2D eigenvalue weighted by molar-refractivity contribution is 7.89. The number of hydrogen-bond acceptors (Lipinski definition) is 5. The summed E-state index contributed by atoms with van der Waals surface area (Å²) in [4.78, 5) is 11.6. The molecule has 0 aliphatic rings. The summed E-state index contributed by atoms with van der Waals surface area (Å²) in [6, 6.07) is 5.46. The van der Waals surface area contributed by atoms with Crippen LogP contribution in [0, 0.1) is 0 Å². The normalized spacial score (nSPS) is 11.2. The van der Waals surface area contributed by atoms with Crippen LogP contribution >= 0.6 is 0 Å². The monoisotopic (exact) mass is 267 g/mol. The molecule has 1 amide bonds. The second kappa shape index (κ2) is 4.55. The van der Waals surface area contributed by atoms with Crippen LogP contribution in [0.25, 0.3) is 0 Å². The first kappa shape index (κ1) is 12.2. The van der Waals surface area contributed by atoms with Crippen LogP contribution in [0.15, 0.2) is 35.4 Å². The summed E-state index contributed by atoms with van der Waals surface area (Å²) in [7, 11) is -3.73. The number of aromatic amines is 1. The third-order valence-corrected chi connectivity index (χ3v) is 3.02. The number of nitrogens with zero attached hydrogens (tertiary/aromatic N) is 2. The summed E-state index contributed by atoms with van der Waals surface area (Å²) in [6.45, 7) is 0. The van der Waals surface area contributed by atoms with Gasteiger partial charge in [-0.15, -0.1) is 0 Å². The predicted octanol–water partition coefficient (Wildman–Crippen LogP) is -0.296. The molecule has 0 unspecified atom stereocenters. The van der Waals surface area contributed by atoms with Gasteiger partial charge in [-0.1, -0.05) is 0 Å². The maximum atomic E-state index is 11.6. The van der Waals surface area contributed by atoms with E-state index in [1.807, 2.05) is 0 Å². The van der Waals surface area contributed by atoms with Crippen LogP contribution in [0.3, 0.4) is 0 Å². The first-order valence-corrected chi connectivity index (χ1v) is 6.31. The van der Waals surface area contributed by atoms with Crippen molar-refractivity contribution in [2.24, 2.45) is 5.14 Å². The van der Waals surface area contributed by atoms with Crippen LogP contribution in [0.1, 0.15) is 10.5 Å². The second-order valence-corrected chi connectivity index (χ2v) is 4.94. The van der Waals surface area contributed by atoms with E-state index in [0.29, 0.717) is 5.69 Å². The summed E-state index contributed by atoms with van der Waals surface area (Å²) in [5.74, 6) is -0.452. The average molecular weight is 267 g/mol. The molecule has 0 atom stereocenters. The molecule has 1 heterocycles. The zero-order valence-electron chi connectivity index (χ0n) is 8.99. The van der Waals surface area contributed by atoms with Gasteiger partial charge in [0.2, 0.25) is 10.0 Å². The molecule has 94 valence electrons. The number of sulfonamides is 1. The molecule has 1 aromatic heterocycles. The molecule has 1 aromatic carbocycles. The topological polar surface area (TPSA) is 131 Å². The predicted molar refractivity (Wildman–Crippen MR) is 62.2 cm³/mol. The van der Waals surface area contributed by atoms with Crippen molar-refractivity contribution in [3.8, 4) is 0 Å². The number of hydrogen-bond donors (Lipinski definition) is 3. The van der Waals surface area contributed by atoms with Gasteiger partial charge in [0.05, 0.1) is 11.1 Å². The quantitative estimate of drug-likeness (QED) is 0.702. The Bertz CT molecular complexity index is 648. The highest BCUT2D eigenvalue weighted by atomic mass is 32.2. The molecule has 0 aliphatic heterocycles. The van der Waals surface area contributed by atoms with Crippen molar-refractivity contribution in [2.75, 3.05) is 5.32 Å². The molecular weight excluding hydrogens is 258 g/mol. The van der Waals surface area contributed by atoms with Crippen LogP contribution < -0.4 is 10.5 Å². The Labute approximate surface area is 102 Å². The molecule has 4 N–H and O–H groups in total. The minimum Gasteiger partial charge on any atom is -0.321 e. The van der Waals surface area contributed by atoms with Crippen molar-refractivity contribution >= 4 is 21.6 Å². The van der Waals surface area contributed by atoms with E-state index in [4.69, 9.17) is 5.14 Å². The van der Waals surface area contributed by atoms with Gasteiger partial charge in [0.1, 0.15) is 0 Å². The van der Waals surface area contributed by atoms with E-state index in [-0.39, 0.29) is 10.6 Å². The number of rotatable bonds is 3. The number of H-pyrrole nitrogens is 1. The summed E-state index contributed by atoms with van der Waals surface area (Å²) in [6.07, 6.45) is 1.27. The molecule has 0 aliphatic carbocycles. The average Bonchev–Trinajstić information content (AvgIpc) is 2.82. The van der Waals surface area contributed by atoms with E-state index in [2.05, 4.69) is 20.7 Å². The molecule has 0 saturated heterocycles. The van der Waals surface area contributed by atoms with Crippen molar-refractivity contribution in [1.82, 2.24) is 15.4 Å². The summed E-state index contributed by atoms with van der Waals surface area (Å²) in [5, 5.41) is 16.9. The number of nitrogens with two attached hydrogens (primary N) is 1. The Morgan fingerprint density at radius 3 is 2.44 bits per heavy atom. The lowest BCUT2D eigenvalue weighted by Gasteiger charge is -2.03. The maximum Gasteiger partial charge on any atom is 0.277 e. The Hall–Kier alpha value is -2.26. The summed E-state index contributed by atoms with van der Waals surface area (Å²) >= 11 is 0. The van der Waals surface area contributed by atoms with Gasteiger partial charge in [-0.25, -0.2) is 13.6 Å². The molecule has 9 heteroatoms. The van der Waals surface area contributed by atoms with Gasteiger partial charge in [-0.05, 0) is 24.3 Å². The van der Waals surface area contributed by atoms with E-state index in [0.717, 1.165) is 0 Å². The summed E-state index contributed by atoms with van der Waals surface area (Å²) in [5.41, 5.74) is 0.556. The van der Waals surface area contributed by atoms with Crippen molar-refractivity contribution in [2.45, 2.75) is 4.90 Å². The minimum atomic E-state index is -3.73. The van der Waals surface area contributed by atoms with Gasteiger partial charge < -0.3 is 5.32 Å². The minimum absolute atomic E-state index is 0.0260. The maximum absolute atomic E-state index is 11.6. The molecular formula is C9H9N5O3S. The van der Waals surface area contributed by atoms with Crippen molar-refractivity contribution in [3.05, 3.63) is 36.2 Å². The van der Waals surface area contributed by atoms with Crippen LogP contribution in [0.5, 0.6) is 0 Å². The van der Waals surface area contributed by atoms with E-state index in [1.54, 1.807) is 0 Å². The first-order chi connectivity index (χ1) is 8.47. The molecule has 2 rings (SSSR count). The van der Waals surface area contributed by atoms with E-state index >= 15 is 0 Å². The fourth-order valence-electron chi connectivity index (χ4n) is 1.23. The Kier molecular flexibility index (Phi) is 3.08. The van der Waals surface area contributed by atoms with Crippen molar-refractivity contribution in [3.63, 3.8) is 0 Å². The SMILES string of the molecule is NS(=O)(=O)c1ccc(NC(=O)c2cn[nH]n2)cc1. The number of carbonyl (C=O) groups excluding carboxylic acids is 1. The van der Waals surface area contributed by atoms with Gasteiger partial charge in [0, 0.05) is 5.69 Å². The molecule has 0 spiro atoms. The third-order valence-electron chi connectivity index (χ3n) is 2.09. The lowest BCUT2D eigenvalue weighted by molar-refractivity contribution is 0.102. The van der Waals surface area contributed by atoms with Gasteiger partial charge >= 0.3 is 0 Å². The molecule has 0 bridgehead atoms. The fraction of sp³-hybridized carbons (Fsp3) is 0. The fourth-order valence-corrected chi connectivity index (χ4v) is 1.75. The molecule has 0 radical (unpaired) electrons. The number of aromatic nitrogens is 3. The lowest BCUT2D eigenvalue weighted by atomic mass is 10.3. The number of benzene rings is 1. The van der Waals surface area contributed by atoms with Gasteiger partial charge in [0.25, 0.3) is 5.91 Å². The lowest BCUT2D eigenvalue weighted by Crippen LogP contribution is -2.14. The number of anilines is 1. The second-order valence-electron chi connectivity index (χ2n) is 3.38. The number of amides is 1. The van der Waals surface area contributed by atoms with Crippen LogP contribution in [0.2, 0.25) is 0 Å². The van der Waals surface area contributed by atoms with E-state index < -0.39 is 15.9 Å². The molecule has 8 nitrogen and oxygen atoms in total. The number of nitrogens with one attached hydrogen (secondary N) is 2. The van der Waals surface area contributed by atoms with Crippen LogP contribution in [0.4, 0.5) is 5.69 Å². The summed E-state index contributed by atoms with van der Waals surface area (Å²) < 4.78 is 22.0. The van der Waals surface area contributed by atoms with Crippen LogP contribution in [-0.4, -0.2) is 29.7 Å². The van der Waals surface area contributed by atoms with E-state index in [9.17, 15) is 13.2 Å². The highest BCUT2D eigenvalue weighted by Gasteiger charge is 2.10. The Morgan fingerprint density at radius 1 is 1.28 bits per heavy atom. The Balaban J connectivity index is 2.14. The molecule has 0 fully saturated rings. The largest absolute Gasteiger partial charge is 0.321 e. The number of primary sulfonamides is 1. The number of carbonyl (C=O) groups is 1. The van der Waals surface area contributed by atoms with Gasteiger partial charge in [0.15, 0.2) is 5.69 Å². The highest BCUT2D eigenvalue weighted by Crippen LogP contribution is 2.13. The smallest absolute Gasteiger partial charge is 0.277 e. The van der Waals surface area contributed by atoms with E-state index in [1.165, 1.54) is 30.5 Å². The molecule has 0 saturated carbocycles.